The molecule has 2 heterocycles. The molecule has 22 heavy (non-hydrogen) atoms. The van der Waals surface area contributed by atoms with Crippen LogP contribution in [0.4, 0.5) is 5.69 Å². The summed E-state index contributed by atoms with van der Waals surface area (Å²) in [5.74, 6) is -0.0711. The molecule has 2 aromatic rings. The Balaban J connectivity index is 1.60. The molecule has 8 heteroatoms. The lowest BCUT2D eigenvalue weighted by atomic mass is 10.1. The zero-order chi connectivity index (χ0) is 15.4. The number of tetrazole rings is 1. The molecule has 0 radical (unpaired) electrons. The normalized spacial score (nSPS) is 18.1. The molecule has 0 spiro atoms. The van der Waals surface area contributed by atoms with Gasteiger partial charge in [-0.3, -0.25) is 4.79 Å². The van der Waals surface area contributed by atoms with Gasteiger partial charge in [-0.15, -0.1) is 0 Å². The molecule has 1 saturated heterocycles. The third-order valence-electron chi connectivity index (χ3n) is 3.55. The van der Waals surface area contributed by atoms with Crippen LogP contribution in [0.2, 0.25) is 0 Å². The first-order chi connectivity index (χ1) is 10.7. The molecule has 1 aliphatic rings. The maximum Gasteiger partial charge on any atom is 0.365 e. The minimum absolute atomic E-state index is 0.0155. The van der Waals surface area contributed by atoms with Gasteiger partial charge >= 0.3 is 5.69 Å². The van der Waals surface area contributed by atoms with Crippen molar-refractivity contribution in [1.29, 1.82) is 0 Å². The average Bonchev–Trinajstić information content (AvgIpc) is 2.95. The Morgan fingerprint density at radius 3 is 2.82 bits per heavy atom. The van der Waals surface area contributed by atoms with Crippen molar-refractivity contribution in [1.82, 2.24) is 20.2 Å². The second-order valence-corrected chi connectivity index (χ2v) is 5.21. The third-order valence-corrected chi connectivity index (χ3v) is 3.55. The fraction of sp³-hybridized carbons (Fsp3) is 0.429. The zero-order valence-electron chi connectivity index (χ0n) is 12.0. The van der Waals surface area contributed by atoms with Gasteiger partial charge in [-0.25, -0.2) is 9.89 Å². The van der Waals surface area contributed by atoms with Gasteiger partial charge in [0.15, 0.2) is 0 Å². The van der Waals surface area contributed by atoms with Crippen LogP contribution in [0, 0.1) is 0 Å². The predicted octanol–water partition coefficient (Wildman–Crippen LogP) is 0.853. The Kier molecular flexibility index (Phi) is 4.29. The highest BCUT2D eigenvalue weighted by molar-refractivity contribution is 5.91. The molecule has 1 amide bonds. The number of carbonyl (C=O) groups is 1. The minimum Gasteiger partial charge on any atom is -0.378 e. The van der Waals surface area contributed by atoms with E-state index in [0.29, 0.717) is 17.8 Å². The number of aromatic amines is 1. The number of anilines is 1. The summed E-state index contributed by atoms with van der Waals surface area (Å²) in [5, 5.41) is 12.1. The molecule has 8 nitrogen and oxygen atoms in total. The van der Waals surface area contributed by atoms with Crippen LogP contribution in [-0.2, 0) is 9.53 Å². The van der Waals surface area contributed by atoms with E-state index in [9.17, 15) is 9.59 Å². The van der Waals surface area contributed by atoms with Gasteiger partial charge in [-0.05, 0) is 54.0 Å². The van der Waals surface area contributed by atoms with Gasteiger partial charge in [-0.1, -0.05) is 0 Å². The van der Waals surface area contributed by atoms with Crippen molar-refractivity contribution in [3.8, 4) is 5.69 Å². The smallest absolute Gasteiger partial charge is 0.365 e. The number of hydrogen-bond donors (Lipinski definition) is 2. The SMILES string of the molecule is O=C(CC1CCCCO1)Nc1ccc(-n2nn[nH]c2=O)cc1. The number of ether oxygens (including phenoxy) is 1. The Bertz CT molecular complexity index is 685. The zero-order valence-corrected chi connectivity index (χ0v) is 12.0. The summed E-state index contributed by atoms with van der Waals surface area (Å²) in [6.45, 7) is 0.735. The van der Waals surface area contributed by atoms with Crippen molar-refractivity contribution < 1.29 is 9.53 Å². The number of nitrogens with zero attached hydrogens (tertiary/aromatic N) is 3. The topological polar surface area (TPSA) is 102 Å². The highest BCUT2D eigenvalue weighted by atomic mass is 16.5. The molecule has 0 bridgehead atoms. The van der Waals surface area contributed by atoms with Crippen LogP contribution in [0.15, 0.2) is 29.1 Å². The highest BCUT2D eigenvalue weighted by Crippen LogP contribution is 2.17. The molecule has 116 valence electrons. The van der Waals surface area contributed by atoms with Crippen molar-refractivity contribution >= 4 is 11.6 Å². The highest BCUT2D eigenvalue weighted by Gasteiger charge is 2.17. The van der Waals surface area contributed by atoms with E-state index in [-0.39, 0.29) is 12.0 Å². The first-order valence-corrected chi connectivity index (χ1v) is 7.24. The Hall–Kier alpha value is -2.48. The summed E-state index contributed by atoms with van der Waals surface area (Å²) in [7, 11) is 0. The quantitative estimate of drug-likeness (QED) is 0.872. The molecule has 3 rings (SSSR count). The lowest BCUT2D eigenvalue weighted by Crippen LogP contribution is -2.25. The Morgan fingerprint density at radius 2 is 2.18 bits per heavy atom. The van der Waals surface area contributed by atoms with E-state index in [0.717, 1.165) is 30.6 Å². The van der Waals surface area contributed by atoms with Crippen molar-refractivity contribution in [3.63, 3.8) is 0 Å². The van der Waals surface area contributed by atoms with Crippen molar-refractivity contribution in [2.45, 2.75) is 31.8 Å². The molecule has 1 aromatic heterocycles. The van der Waals surface area contributed by atoms with E-state index in [4.69, 9.17) is 4.74 Å². The molecular formula is C14H17N5O3. The molecule has 1 aliphatic heterocycles. The van der Waals surface area contributed by atoms with Crippen LogP contribution >= 0.6 is 0 Å². The number of carbonyl (C=O) groups excluding carboxylic acids is 1. The number of H-pyrrole nitrogens is 1. The Morgan fingerprint density at radius 1 is 1.36 bits per heavy atom. The van der Waals surface area contributed by atoms with Gasteiger partial charge in [0.2, 0.25) is 5.91 Å². The minimum atomic E-state index is -0.411. The number of aromatic nitrogens is 4. The molecule has 1 aromatic carbocycles. The average molecular weight is 303 g/mol. The van der Waals surface area contributed by atoms with Gasteiger partial charge in [-0.2, -0.15) is 4.68 Å². The van der Waals surface area contributed by atoms with Gasteiger partial charge in [0.25, 0.3) is 0 Å². The molecule has 1 unspecified atom stereocenters. The summed E-state index contributed by atoms with van der Waals surface area (Å²) >= 11 is 0. The number of amides is 1. The lowest BCUT2D eigenvalue weighted by Gasteiger charge is -2.21. The lowest BCUT2D eigenvalue weighted by molar-refractivity contribution is -0.119. The van der Waals surface area contributed by atoms with Crippen LogP contribution in [-0.4, -0.2) is 38.8 Å². The van der Waals surface area contributed by atoms with Gasteiger partial charge in [0, 0.05) is 12.3 Å². The molecule has 2 N–H and O–H groups in total. The first-order valence-electron chi connectivity index (χ1n) is 7.24. The number of rotatable bonds is 4. The largest absolute Gasteiger partial charge is 0.378 e. The standard InChI is InChI=1S/C14H17N5O3/c20-13(9-12-3-1-2-8-22-12)15-10-4-6-11(7-5-10)19-14(21)16-17-18-19/h4-7,12H,1-3,8-9H2,(H,15,20)(H,16,18,21). The van der Waals surface area contributed by atoms with Crippen LogP contribution in [0.3, 0.4) is 0 Å². The third kappa shape index (κ3) is 3.40. The summed E-state index contributed by atoms with van der Waals surface area (Å²) in [6, 6.07) is 6.82. The fourth-order valence-electron chi connectivity index (χ4n) is 2.44. The van der Waals surface area contributed by atoms with Crippen LogP contribution in [0.25, 0.3) is 5.69 Å². The van der Waals surface area contributed by atoms with Gasteiger partial charge in [0.1, 0.15) is 0 Å². The fourth-order valence-corrected chi connectivity index (χ4v) is 2.44. The van der Waals surface area contributed by atoms with Crippen molar-refractivity contribution in [2.75, 3.05) is 11.9 Å². The van der Waals surface area contributed by atoms with E-state index >= 15 is 0 Å². The molecular weight excluding hydrogens is 286 g/mol. The van der Waals surface area contributed by atoms with Gasteiger partial charge < -0.3 is 10.1 Å². The molecule has 0 aliphatic carbocycles. The van der Waals surface area contributed by atoms with E-state index in [2.05, 4.69) is 20.8 Å². The second-order valence-electron chi connectivity index (χ2n) is 5.21. The van der Waals surface area contributed by atoms with Crippen LogP contribution < -0.4 is 11.0 Å². The number of benzene rings is 1. The summed E-state index contributed by atoms with van der Waals surface area (Å²) < 4.78 is 6.69. The molecule has 1 fully saturated rings. The van der Waals surface area contributed by atoms with E-state index in [1.54, 1.807) is 24.3 Å². The maximum atomic E-state index is 12.0. The first kappa shape index (κ1) is 14.5. The second kappa shape index (κ2) is 6.52. The number of hydrogen-bond acceptors (Lipinski definition) is 5. The number of nitrogens with one attached hydrogen (secondary N) is 2. The molecule has 0 saturated carbocycles. The van der Waals surface area contributed by atoms with Crippen molar-refractivity contribution in [2.24, 2.45) is 0 Å². The van der Waals surface area contributed by atoms with Crippen LogP contribution in [0.5, 0.6) is 0 Å². The van der Waals surface area contributed by atoms with Gasteiger partial charge in [0.05, 0.1) is 18.2 Å². The van der Waals surface area contributed by atoms with Crippen LogP contribution in [0.1, 0.15) is 25.7 Å². The summed E-state index contributed by atoms with van der Waals surface area (Å²) in [6.07, 6.45) is 3.49. The van der Waals surface area contributed by atoms with E-state index in [1.807, 2.05) is 0 Å². The predicted molar refractivity (Wildman–Crippen MR) is 78.8 cm³/mol. The summed E-state index contributed by atoms with van der Waals surface area (Å²) in [5.41, 5.74) is 0.833. The Labute approximate surface area is 126 Å². The monoisotopic (exact) mass is 303 g/mol. The van der Waals surface area contributed by atoms with Crippen molar-refractivity contribution in [3.05, 3.63) is 34.7 Å². The van der Waals surface area contributed by atoms with E-state index in [1.165, 1.54) is 0 Å². The molecule has 1 atom stereocenters. The summed E-state index contributed by atoms with van der Waals surface area (Å²) in [4.78, 5) is 23.4. The van der Waals surface area contributed by atoms with E-state index < -0.39 is 5.69 Å². The maximum absolute atomic E-state index is 12.0.